The summed E-state index contributed by atoms with van der Waals surface area (Å²) < 4.78 is 5.04. The molecule has 2 rings (SSSR count). The molecular formula is C11H18N4O. The van der Waals surface area contributed by atoms with Gasteiger partial charge < -0.3 is 15.0 Å². The normalized spacial score (nSPS) is 20.1. The number of nitrogens with one attached hydrogen (secondary N) is 1. The molecule has 1 aliphatic rings. The van der Waals surface area contributed by atoms with E-state index in [2.05, 4.69) is 20.2 Å². The Balaban J connectivity index is 1.97. The molecule has 0 radical (unpaired) electrons. The molecule has 1 aromatic heterocycles. The Bertz CT molecular complexity index is 327. The molecule has 0 amide bonds. The van der Waals surface area contributed by atoms with Crippen molar-refractivity contribution in [2.75, 3.05) is 38.7 Å². The number of methoxy groups -OCH3 is 1. The molecule has 5 nitrogen and oxygen atoms in total. The average Bonchev–Trinajstić information content (AvgIpc) is 2.78. The second kappa shape index (κ2) is 5.12. The van der Waals surface area contributed by atoms with Crippen LogP contribution < -0.4 is 15.0 Å². The third-order valence-electron chi connectivity index (χ3n) is 2.91. The van der Waals surface area contributed by atoms with Gasteiger partial charge in [-0.05, 0) is 25.9 Å². The quantitative estimate of drug-likeness (QED) is 0.805. The summed E-state index contributed by atoms with van der Waals surface area (Å²) in [5, 5.41) is 3.21. The number of ether oxygens (including phenoxy) is 1. The van der Waals surface area contributed by atoms with Crippen LogP contribution in [-0.4, -0.2) is 43.8 Å². The highest BCUT2D eigenvalue weighted by Gasteiger charge is 2.23. The Labute approximate surface area is 95.8 Å². The van der Waals surface area contributed by atoms with Gasteiger partial charge in [0.1, 0.15) is 0 Å². The first kappa shape index (κ1) is 11.1. The summed E-state index contributed by atoms with van der Waals surface area (Å²) in [4.78, 5) is 10.8. The molecule has 0 aromatic carbocycles. The minimum Gasteiger partial charge on any atom is -0.494 e. The predicted molar refractivity (Wildman–Crippen MR) is 62.8 cm³/mol. The molecule has 88 valence electrons. The average molecular weight is 222 g/mol. The van der Waals surface area contributed by atoms with Gasteiger partial charge in [-0.25, -0.2) is 9.97 Å². The summed E-state index contributed by atoms with van der Waals surface area (Å²) in [6.45, 7) is 3.14. The Hall–Kier alpha value is -1.36. The van der Waals surface area contributed by atoms with Crippen LogP contribution >= 0.6 is 0 Å². The Morgan fingerprint density at radius 2 is 2.25 bits per heavy atom. The minimum absolute atomic E-state index is 0.703. The van der Waals surface area contributed by atoms with Crippen molar-refractivity contribution in [2.45, 2.75) is 6.42 Å². The van der Waals surface area contributed by atoms with Crippen molar-refractivity contribution in [1.29, 1.82) is 0 Å². The van der Waals surface area contributed by atoms with Crippen molar-refractivity contribution in [3.05, 3.63) is 12.4 Å². The number of nitrogens with zero attached hydrogens (tertiary/aromatic N) is 3. The molecule has 1 unspecified atom stereocenters. The summed E-state index contributed by atoms with van der Waals surface area (Å²) in [5.41, 5.74) is 0. The van der Waals surface area contributed by atoms with Gasteiger partial charge >= 0.3 is 0 Å². The topological polar surface area (TPSA) is 50.3 Å². The second-order valence-corrected chi connectivity index (χ2v) is 4.08. The van der Waals surface area contributed by atoms with Crippen molar-refractivity contribution in [2.24, 2.45) is 5.92 Å². The van der Waals surface area contributed by atoms with Crippen LogP contribution in [0.25, 0.3) is 0 Å². The first-order valence-electron chi connectivity index (χ1n) is 5.59. The molecule has 0 saturated carbocycles. The molecule has 1 aromatic rings. The van der Waals surface area contributed by atoms with Gasteiger partial charge in [-0.3, -0.25) is 0 Å². The number of rotatable bonds is 4. The van der Waals surface area contributed by atoms with Crippen molar-refractivity contribution in [3.8, 4) is 5.75 Å². The standard InChI is InChI=1S/C11H18N4O/c1-12-5-9-3-4-15(8-9)11-13-6-10(16-2)7-14-11/h6-7,9,12H,3-5,8H2,1-2H3. The summed E-state index contributed by atoms with van der Waals surface area (Å²) >= 11 is 0. The maximum Gasteiger partial charge on any atom is 0.225 e. The molecule has 1 aliphatic heterocycles. The lowest BCUT2D eigenvalue weighted by molar-refractivity contribution is 0.410. The summed E-state index contributed by atoms with van der Waals surface area (Å²) in [6.07, 6.45) is 4.64. The fourth-order valence-corrected chi connectivity index (χ4v) is 2.05. The third kappa shape index (κ3) is 2.41. The van der Waals surface area contributed by atoms with E-state index in [9.17, 15) is 0 Å². The monoisotopic (exact) mass is 222 g/mol. The number of aromatic nitrogens is 2. The Kier molecular flexibility index (Phi) is 3.56. The van der Waals surface area contributed by atoms with Crippen molar-refractivity contribution >= 4 is 5.95 Å². The lowest BCUT2D eigenvalue weighted by Crippen LogP contribution is -2.25. The zero-order valence-electron chi connectivity index (χ0n) is 9.81. The van der Waals surface area contributed by atoms with Gasteiger partial charge in [-0.15, -0.1) is 0 Å². The van der Waals surface area contributed by atoms with Crippen LogP contribution in [0, 0.1) is 5.92 Å². The van der Waals surface area contributed by atoms with Gasteiger partial charge in [-0.1, -0.05) is 0 Å². The van der Waals surface area contributed by atoms with Crippen LogP contribution in [-0.2, 0) is 0 Å². The fraction of sp³-hybridized carbons (Fsp3) is 0.636. The molecular weight excluding hydrogens is 204 g/mol. The highest BCUT2D eigenvalue weighted by molar-refractivity contribution is 5.32. The molecule has 1 N–H and O–H groups in total. The highest BCUT2D eigenvalue weighted by Crippen LogP contribution is 2.20. The smallest absolute Gasteiger partial charge is 0.225 e. The predicted octanol–water partition coefficient (Wildman–Crippen LogP) is 0.531. The lowest BCUT2D eigenvalue weighted by Gasteiger charge is -2.16. The van der Waals surface area contributed by atoms with E-state index in [1.165, 1.54) is 6.42 Å². The highest BCUT2D eigenvalue weighted by atomic mass is 16.5. The van der Waals surface area contributed by atoms with Crippen molar-refractivity contribution < 1.29 is 4.74 Å². The summed E-state index contributed by atoms with van der Waals surface area (Å²) in [6, 6.07) is 0. The molecule has 2 heterocycles. The Morgan fingerprint density at radius 3 is 2.88 bits per heavy atom. The Morgan fingerprint density at radius 1 is 1.50 bits per heavy atom. The second-order valence-electron chi connectivity index (χ2n) is 4.08. The van der Waals surface area contributed by atoms with E-state index in [1.54, 1.807) is 19.5 Å². The van der Waals surface area contributed by atoms with Crippen molar-refractivity contribution in [3.63, 3.8) is 0 Å². The van der Waals surface area contributed by atoms with E-state index in [1.807, 2.05) is 7.05 Å². The van der Waals surface area contributed by atoms with Crippen molar-refractivity contribution in [1.82, 2.24) is 15.3 Å². The van der Waals surface area contributed by atoms with Crippen LogP contribution in [0.15, 0.2) is 12.4 Å². The first-order chi connectivity index (χ1) is 7.83. The first-order valence-corrected chi connectivity index (χ1v) is 5.59. The largest absolute Gasteiger partial charge is 0.494 e. The molecule has 0 bridgehead atoms. The van der Waals surface area contributed by atoms with E-state index in [0.717, 1.165) is 25.6 Å². The molecule has 0 spiro atoms. The van der Waals surface area contributed by atoms with Gasteiger partial charge in [0.15, 0.2) is 5.75 Å². The fourth-order valence-electron chi connectivity index (χ4n) is 2.05. The van der Waals surface area contributed by atoms with E-state index in [-0.39, 0.29) is 0 Å². The van der Waals surface area contributed by atoms with E-state index < -0.39 is 0 Å². The number of hydrogen-bond donors (Lipinski definition) is 1. The van der Waals surface area contributed by atoms with Gasteiger partial charge in [0, 0.05) is 13.1 Å². The molecule has 1 atom stereocenters. The molecule has 5 heteroatoms. The van der Waals surface area contributed by atoms with Gasteiger partial charge in [-0.2, -0.15) is 0 Å². The lowest BCUT2D eigenvalue weighted by atomic mass is 10.1. The third-order valence-corrected chi connectivity index (χ3v) is 2.91. The molecule has 1 saturated heterocycles. The van der Waals surface area contributed by atoms with Crippen LogP contribution in [0.3, 0.4) is 0 Å². The zero-order chi connectivity index (χ0) is 11.4. The van der Waals surface area contributed by atoms with Gasteiger partial charge in [0.05, 0.1) is 19.5 Å². The number of anilines is 1. The van der Waals surface area contributed by atoms with Crippen LogP contribution in [0.1, 0.15) is 6.42 Å². The van der Waals surface area contributed by atoms with E-state index >= 15 is 0 Å². The maximum absolute atomic E-state index is 5.04. The minimum atomic E-state index is 0.703. The maximum atomic E-state index is 5.04. The molecule has 1 fully saturated rings. The van der Waals surface area contributed by atoms with Crippen LogP contribution in [0.4, 0.5) is 5.95 Å². The van der Waals surface area contributed by atoms with Crippen LogP contribution in [0.5, 0.6) is 5.75 Å². The van der Waals surface area contributed by atoms with Gasteiger partial charge in [0.2, 0.25) is 5.95 Å². The number of hydrogen-bond acceptors (Lipinski definition) is 5. The van der Waals surface area contributed by atoms with E-state index in [0.29, 0.717) is 11.7 Å². The molecule has 0 aliphatic carbocycles. The summed E-state index contributed by atoms with van der Waals surface area (Å²) in [7, 11) is 3.61. The van der Waals surface area contributed by atoms with Crippen LogP contribution in [0.2, 0.25) is 0 Å². The van der Waals surface area contributed by atoms with Gasteiger partial charge in [0.25, 0.3) is 0 Å². The zero-order valence-corrected chi connectivity index (χ0v) is 9.81. The van der Waals surface area contributed by atoms with E-state index in [4.69, 9.17) is 4.74 Å². The SMILES string of the molecule is CNCC1CCN(c2ncc(OC)cn2)C1. The molecule has 16 heavy (non-hydrogen) atoms. The summed E-state index contributed by atoms with van der Waals surface area (Å²) in [5.74, 6) is 2.21.